The minimum Gasteiger partial charge on any atom is -0.478 e. The number of benzene rings is 1. The summed E-state index contributed by atoms with van der Waals surface area (Å²) in [5.74, 6) is -0.683. The number of hydrogen-bond acceptors (Lipinski definition) is 2. The first kappa shape index (κ1) is 13.2. The van der Waals surface area contributed by atoms with Gasteiger partial charge in [0.1, 0.15) is 0 Å². The summed E-state index contributed by atoms with van der Waals surface area (Å²) in [5, 5.41) is 9.06. The van der Waals surface area contributed by atoms with Crippen LogP contribution in [0.2, 0.25) is 0 Å². The SMILES string of the molecule is CC1(C(=O)N2CCc3ccc(C(=O)O)cc3C2)CCC1. The van der Waals surface area contributed by atoms with E-state index in [9.17, 15) is 9.59 Å². The molecular formula is C16H19NO3. The fourth-order valence-electron chi connectivity index (χ4n) is 3.17. The fourth-order valence-corrected chi connectivity index (χ4v) is 3.17. The Morgan fingerprint density at radius 2 is 2.00 bits per heavy atom. The minimum absolute atomic E-state index is 0.179. The molecule has 1 saturated carbocycles. The number of nitrogens with zero attached hydrogens (tertiary/aromatic N) is 1. The van der Waals surface area contributed by atoms with Crippen molar-refractivity contribution in [2.45, 2.75) is 39.2 Å². The first-order valence-corrected chi connectivity index (χ1v) is 7.14. The molecule has 0 aromatic heterocycles. The van der Waals surface area contributed by atoms with Crippen molar-refractivity contribution in [2.24, 2.45) is 5.41 Å². The maximum Gasteiger partial charge on any atom is 0.335 e. The van der Waals surface area contributed by atoms with Gasteiger partial charge in [-0.3, -0.25) is 4.79 Å². The molecule has 20 heavy (non-hydrogen) atoms. The predicted octanol–water partition coefficient (Wildman–Crippen LogP) is 2.46. The van der Waals surface area contributed by atoms with Gasteiger partial charge in [-0.05, 0) is 42.5 Å². The lowest BCUT2D eigenvalue weighted by molar-refractivity contribution is -0.147. The Morgan fingerprint density at radius 3 is 2.60 bits per heavy atom. The summed E-state index contributed by atoms with van der Waals surface area (Å²) in [7, 11) is 0. The van der Waals surface area contributed by atoms with Gasteiger partial charge in [-0.25, -0.2) is 4.79 Å². The van der Waals surface area contributed by atoms with Gasteiger partial charge in [-0.1, -0.05) is 19.4 Å². The first-order chi connectivity index (χ1) is 9.49. The molecule has 4 heteroatoms. The highest BCUT2D eigenvalue weighted by molar-refractivity contribution is 5.88. The average molecular weight is 273 g/mol. The Bertz CT molecular complexity index is 575. The van der Waals surface area contributed by atoms with Crippen molar-refractivity contribution < 1.29 is 14.7 Å². The number of rotatable bonds is 2. The first-order valence-electron chi connectivity index (χ1n) is 7.14. The average Bonchev–Trinajstić information content (AvgIpc) is 2.42. The summed E-state index contributed by atoms with van der Waals surface area (Å²) in [6, 6.07) is 5.23. The maximum absolute atomic E-state index is 12.5. The normalized spacial score (nSPS) is 19.9. The second-order valence-electron chi connectivity index (χ2n) is 6.18. The second kappa shape index (κ2) is 4.62. The van der Waals surface area contributed by atoms with E-state index in [1.807, 2.05) is 17.9 Å². The van der Waals surface area contributed by atoms with Crippen molar-refractivity contribution in [3.63, 3.8) is 0 Å². The van der Waals surface area contributed by atoms with Gasteiger partial charge >= 0.3 is 5.97 Å². The third-order valence-corrected chi connectivity index (χ3v) is 4.73. The van der Waals surface area contributed by atoms with E-state index >= 15 is 0 Å². The van der Waals surface area contributed by atoms with Gasteiger partial charge in [-0.2, -0.15) is 0 Å². The highest BCUT2D eigenvalue weighted by atomic mass is 16.4. The maximum atomic E-state index is 12.5. The van der Waals surface area contributed by atoms with E-state index in [4.69, 9.17) is 5.11 Å². The van der Waals surface area contributed by atoms with Crippen LogP contribution in [0.25, 0.3) is 0 Å². The van der Waals surface area contributed by atoms with Crippen molar-refractivity contribution in [2.75, 3.05) is 6.54 Å². The number of amides is 1. The van der Waals surface area contributed by atoms with Crippen molar-refractivity contribution >= 4 is 11.9 Å². The topological polar surface area (TPSA) is 57.6 Å². The van der Waals surface area contributed by atoms with E-state index in [1.165, 1.54) is 0 Å². The molecule has 1 aliphatic heterocycles. The van der Waals surface area contributed by atoms with Gasteiger partial charge in [0.25, 0.3) is 0 Å². The Balaban J connectivity index is 1.82. The molecule has 1 amide bonds. The summed E-state index contributed by atoms with van der Waals surface area (Å²) in [5.41, 5.74) is 2.26. The predicted molar refractivity (Wildman–Crippen MR) is 74.5 cm³/mol. The molecular weight excluding hydrogens is 254 g/mol. The molecule has 1 aromatic carbocycles. The van der Waals surface area contributed by atoms with Crippen LogP contribution in [0.3, 0.4) is 0 Å². The Hall–Kier alpha value is -1.84. The van der Waals surface area contributed by atoms with Gasteiger partial charge in [0.05, 0.1) is 5.56 Å². The molecule has 0 saturated heterocycles. The van der Waals surface area contributed by atoms with Crippen LogP contribution in [-0.4, -0.2) is 28.4 Å². The molecule has 1 aromatic rings. The Labute approximate surface area is 118 Å². The number of hydrogen-bond donors (Lipinski definition) is 1. The van der Waals surface area contributed by atoms with E-state index in [1.54, 1.807) is 12.1 Å². The smallest absolute Gasteiger partial charge is 0.335 e. The molecule has 0 radical (unpaired) electrons. The molecule has 106 valence electrons. The number of carboxylic acid groups (broad SMARTS) is 1. The van der Waals surface area contributed by atoms with Gasteiger partial charge in [0, 0.05) is 18.5 Å². The zero-order valence-electron chi connectivity index (χ0n) is 11.7. The molecule has 0 bridgehead atoms. The Morgan fingerprint density at radius 1 is 1.25 bits per heavy atom. The van der Waals surface area contributed by atoms with Crippen molar-refractivity contribution in [1.29, 1.82) is 0 Å². The largest absolute Gasteiger partial charge is 0.478 e. The highest BCUT2D eigenvalue weighted by Crippen LogP contribution is 2.42. The lowest BCUT2D eigenvalue weighted by Crippen LogP contribution is -2.47. The van der Waals surface area contributed by atoms with Gasteiger partial charge in [0.15, 0.2) is 0 Å². The summed E-state index contributed by atoms with van der Waals surface area (Å²) < 4.78 is 0. The number of fused-ring (bicyclic) bond motifs is 1. The summed E-state index contributed by atoms with van der Waals surface area (Å²) in [6.07, 6.45) is 3.90. The minimum atomic E-state index is -0.915. The number of carbonyl (C=O) groups is 2. The summed E-state index contributed by atoms with van der Waals surface area (Å²) >= 11 is 0. The third-order valence-electron chi connectivity index (χ3n) is 4.73. The van der Waals surface area contributed by atoms with Crippen LogP contribution in [0.4, 0.5) is 0 Å². The van der Waals surface area contributed by atoms with Crippen molar-refractivity contribution in [1.82, 2.24) is 4.90 Å². The molecule has 1 heterocycles. The van der Waals surface area contributed by atoms with Crippen LogP contribution in [-0.2, 0) is 17.8 Å². The van der Waals surface area contributed by atoms with Crippen molar-refractivity contribution in [3.8, 4) is 0 Å². The van der Waals surface area contributed by atoms with E-state index in [0.29, 0.717) is 12.1 Å². The molecule has 0 atom stereocenters. The van der Waals surface area contributed by atoms with Crippen LogP contribution in [0, 0.1) is 5.41 Å². The quantitative estimate of drug-likeness (QED) is 0.900. The van der Waals surface area contributed by atoms with Crippen LogP contribution in [0.15, 0.2) is 18.2 Å². The molecule has 3 rings (SSSR count). The van der Waals surface area contributed by atoms with Gasteiger partial charge in [-0.15, -0.1) is 0 Å². The van der Waals surface area contributed by atoms with Crippen LogP contribution in [0.1, 0.15) is 47.7 Å². The number of carboxylic acids is 1. The van der Waals surface area contributed by atoms with Crippen molar-refractivity contribution in [3.05, 3.63) is 34.9 Å². The van der Waals surface area contributed by atoms with Crippen LogP contribution in [0.5, 0.6) is 0 Å². The molecule has 0 unspecified atom stereocenters. The lowest BCUT2D eigenvalue weighted by Gasteiger charge is -2.42. The zero-order chi connectivity index (χ0) is 14.3. The monoisotopic (exact) mass is 273 g/mol. The number of aromatic carboxylic acids is 1. The molecule has 1 fully saturated rings. The molecule has 0 spiro atoms. The zero-order valence-corrected chi connectivity index (χ0v) is 11.7. The standard InChI is InChI=1S/C16H19NO3/c1-16(6-2-7-16)15(20)17-8-5-11-3-4-12(14(18)19)9-13(11)10-17/h3-4,9H,2,5-8,10H2,1H3,(H,18,19). The Kier molecular flexibility index (Phi) is 3.04. The van der Waals surface area contributed by atoms with E-state index in [0.717, 1.165) is 43.4 Å². The summed E-state index contributed by atoms with van der Waals surface area (Å²) in [6.45, 7) is 3.33. The lowest BCUT2D eigenvalue weighted by atomic mass is 9.69. The number of carbonyl (C=O) groups excluding carboxylic acids is 1. The van der Waals surface area contributed by atoms with Crippen LogP contribution < -0.4 is 0 Å². The van der Waals surface area contributed by atoms with E-state index in [2.05, 4.69) is 0 Å². The van der Waals surface area contributed by atoms with E-state index in [-0.39, 0.29) is 11.3 Å². The third kappa shape index (κ3) is 2.09. The summed E-state index contributed by atoms with van der Waals surface area (Å²) in [4.78, 5) is 25.5. The van der Waals surface area contributed by atoms with E-state index < -0.39 is 5.97 Å². The van der Waals surface area contributed by atoms with Gasteiger partial charge in [0.2, 0.25) is 5.91 Å². The molecule has 1 aliphatic carbocycles. The molecule has 2 aliphatic rings. The molecule has 4 nitrogen and oxygen atoms in total. The fraction of sp³-hybridized carbons (Fsp3) is 0.500. The van der Waals surface area contributed by atoms with Gasteiger partial charge < -0.3 is 10.0 Å². The van der Waals surface area contributed by atoms with Crippen LogP contribution >= 0.6 is 0 Å². The molecule has 1 N–H and O–H groups in total. The second-order valence-corrected chi connectivity index (χ2v) is 6.18. The highest BCUT2D eigenvalue weighted by Gasteiger charge is 2.42.